The molecule has 0 radical (unpaired) electrons. The minimum absolute atomic E-state index is 0.125. The van der Waals surface area contributed by atoms with Gasteiger partial charge < -0.3 is 14.8 Å². The maximum Gasteiger partial charge on any atom is 0.103 e. The number of hydrogen-bond acceptors (Lipinski definition) is 3. The number of nitrogens with one attached hydrogen (secondary N) is 1. The monoisotopic (exact) mass is 269 g/mol. The van der Waals surface area contributed by atoms with Crippen LogP contribution in [-0.2, 0) is 9.47 Å². The van der Waals surface area contributed by atoms with Crippen LogP contribution in [0, 0.1) is 6.92 Å². The first-order valence-electron chi connectivity index (χ1n) is 6.32. The molecule has 100 valence electrons. The standard InChI is InChI=1S/C14H20ClNO2/c1-4-18-13-8-12(14(13)17-3)16-11-6-5-10(15)7-9(11)2/h5-7,12-14,16H,4,8H2,1-3H3. The molecule has 1 saturated carbocycles. The molecule has 4 heteroatoms. The number of halogens is 1. The van der Waals surface area contributed by atoms with Gasteiger partial charge in [-0.05, 0) is 44.0 Å². The Bertz CT molecular complexity index is 411. The van der Waals surface area contributed by atoms with Crippen LogP contribution in [0.15, 0.2) is 18.2 Å². The van der Waals surface area contributed by atoms with E-state index in [1.807, 2.05) is 25.1 Å². The lowest BCUT2D eigenvalue weighted by Gasteiger charge is -2.44. The third kappa shape index (κ3) is 2.79. The molecular weight excluding hydrogens is 250 g/mol. The molecule has 0 bridgehead atoms. The number of methoxy groups -OCH3 is 1. The Balaban J connectivity index is 1.98. The molecule has 1 aromatic rings. The van der Waals surface area contributed by atoms with Gasteiger partial charge >= 0.3 is 0 Å². The van der Waals surface area contributed by atoms with Crippen molar-refractivity contribution in [1.82, 2.24) is 0 Å². The van der Waals surface area contributed by atoms with Crippen molar-refractivity contribution in [2.24, 2.45) is 0 Å². The van der Waals surface area contributed by atoms with Crippen LogP contribution in [0.4, 0.5) is 5.69 Å². The molecular formula is C14H20ClNO2. The zero-order valence-electron chi connectivity index (χ0n) is 11.1. The van der Waals surface area contributed by atoms with E-state index in [0.29, 0.717) is 6.04 Å². The Kier molecular flexibility index (Phi) is 4.49. The van der Waals surface area contributed by atoms with Crippen LogP contribution in [0.25, 0.3) is 0 Å². The van der Waals surface area contributed by atoms with E-state index in [1.165, 1.54) is 0 Å². The predicted molar refractivity (Wildman–Crippen MR) is 74.4 cm³/mol. The fourth-order valence-corrected chi connectivity index (χ4v) is 2.63. The second kappa shape index (κ2) is 5.91. The fraction of sp³-hybridized carbons (Fsp3) is 0.571. The summed E-state index contributed by atoms with van der Waals surface area (Å²) in [4.78, 5) is 0. The Morgan fingerprint density at radius 2 is 2.22 bits per heavy atom. The molecule has 1 N–H and O–H groups in total. The quantitative estimate of drug-likeness (QED) is 0.890. The van der Waals surface area contributed by atoms with E-state index in [4.69, 9.17) is 21.1 Å². The molecule has 0 aliphatic heterocycles. The van der Waals surface area contributed by atoms with Crippen LogP contribution < -0.4 is 5.32 Å². The molecule has 0 spiro atoms. The van der Waals surface area contributed by atoms with Gasteiger partial charge in [0.05, 0.1) is 12.1 Å². The molecule has 0 heterocycles. The van der Waals surface area contributed by atoms with Crippen molar-refractivity contribution in [3.05, 3.63) is 28.8 Å². The van der Waals surface area contributed by atoms with Gasteiger partial charge in [0, 0.05) is 24.4 Å². The number of ether oxygens (including phenoxy) is 2. The number of hydrogen-bond donors (Lipinski definition) is 1. The lowest BCUT2D eigenvalue weighted by Crippen LogP contribution is -2.56. The summed E-state index contributed by atoms with van der Waals surface area (Å²) in [6, 6.07) is 6.19. The van der Waals surface area contributed by atoms with Gasteiger partial charge in [0.2, 0.25) is 0 Å². The summed E-state index contributed by atoms with van der Waals surface area (Å²) in [5.41, 5.74) is 2.26. The largest absolute Gasteiger partial charge is 0.379 e. The summed E-state index contributed by atoms with van der Waals surface area (Å²) in [6.45, 7) is 4.79. The van der Waals surface area contributed by atoms with Gasteiger partial charge in [-0.2, -0.15) is 0 Å². The minimum Gasteiger partial charge on any atom is -0.379 e. The summed E-state index contributed by atoms with van der Waals surface area (Å²) < 4.78 is 11.1. The number of benzene rings is 1. The fourth-order valence-electron chi connectivity index (χ4n) is 2.40. The van der Waals surface area contributed by atoms with Crippen LogP contribution in [0.1, 0.15) is 18.9 Å². The number of rotatable bonds is 5. The van der Waals surface area contributed by atoms with E-state index in [2.05, 4.69) is 12.2 Å². The second-order valence-corrected chi connectivity index (χ2v) is 5.08. The summed E-state index contributed by atoms with van der Waals surface area (Å²) in [7, 11) is 1.74. The van der Waals surface area contributed by atoms with Crippen LogP contribution in [0.5, 0.6) is 0 Å². The summed E-state index contributed by atoms with van der Waals surface area (Å²) in [5, 5.41) is 4.27. The maximum atomic E-state index is 5.95. The van der Waals surface area contributed by atoms with Crippen molar-refractivity contribution in [2.75, 3.05) is 19.0 Å². The Morgan fingerprint density at radius 1 is 1.44 bits per heavy atom. The van der Waals surface area contributed by atoms with Crippen molar-refractivity contribution in [2.45, 2.75) is 38.5 Å². The second-order valence-electron chi connectivity index (χ2n) is 4.64. The van der Waals surface area contributed by atoms with Crippen LogP contribution in [-0.4, -0.2) is 32.0 Å². The molecule has 0 saturated heterocycles. The van der Waals surface area contributed by atoms with Crippen LogP contribution in [0.2, 0.25) is 5.02 Å². The third-order valence-corrected chi connectivity index (χ3v) is 3.67. The third-order valence-electron chi connectivity index (χ3n) is 3.43. The Labute approximate surface area is 113 Å². The molecule has 1 aliphatic rings. The van der Waals surface area contributed by atoms with Gasteiger partial charge in [-0.25, -0.2) is 0 Å². The van der Waals surface area contributed by atoms with Gasteiger partial charge in [0.15, 0.2) is 0 Å². The molecule has 2 rings (SSSR count). The highest BCUT2D eigenvalue weighted by molar-refractivity contribution is 6.30. The highest BCUT2D eigenvalue weighted by atomic mass is 35.5. The van der Waals surface area contributed by atoms with Crippen molar-refractivity contribution < 1.29 is 9.47 Å². The summed E-state index contributed by atoms with van der Waals surface area (Å²) >= 11 is 5.95. The maximum absolute atomic E-state index is 5.95. The summed E-state index contributed by atoms with van der Waals surface area (Å²) in [5.74, 6) is 0. The van der Waals surface area contributed by atoms with Crippen LogP contribution >= 0.6 is 11.6 Å². The van der Waals surface area contributed by atoms with E-state index in [1.54, 1.807) is 7.11 Å². The van der Waals surface area contributed by atoms with E-state index in [0.717, 1.165) is 29.3 Å². The number of anilines is 1. The average Bonchev–Trinajstić information content (AvgIpc) is 2.31. The van der Waals surface area contributed by atoms with Crippen molar-refractivity contribution >= 4 is 17.3 Å². The van der Waals surface area contributed by atoms with Gasteiger partial charge in [-0.3, -0.25) is 0 Å². The summed E-state index contributed by atoms with van der Waals surface area (Å²) in [6.07, 6.45) is 1.32. The van der Waals surface area contributed by atoms with E-state index in [9.17, 15) is 0 Å². The topological polar surface area (TPSA) is 30.5 Å². The minimum atomic E-state index is 0.125. The molecule has 3 atom stereocenters. The zero-order valence-corrected chi connectivity index (χ0v) is 11.8. The van der Waals surface area contributed by atoms with E-state index < -0.39 is 0 Å². The Hall–Kier alpha value is -0.770. The average molecular weight is 270 g/mol. The molecule has 3 unspecified atom stereocenters. The number of aryl methyl sites for hydroxylation is 1. The molecule has 1 aliphatic carbocycles. The lowest BCUT2D eigenvalue weighted by atomic mass is 9.85. The van der Waals surface area contributed by atoms with E-state index >= 15 is 0 Å². The van der Waals surface area contributed by atoms with Gasteiger partial charge in [0.25, 0.3) is 0 Å². The highest BCUT2D eigenvalue weighted by Crippen LogP contribution is 2.31. The molecule has 1 aromatic carbocycles. The smallest absolute Gasteiger partial charge is 0.103 e. The first kappa shape index (κ1) is 13.7. The van der Waals surface area contributed by atoms with Gasteiger partial charge in [-0.15, -0.1) is 0 Å². The van der Waals surface area contributed by atoms with Gasteiger partial charge in [0.1, 0.15) is 6.10 Å². The van der Waals surface area contributed by atoms with Crippen LogP contribution in [0.3, 0.4) is 0 Å². The Morgan fingerprint density at radius 3 is 2.83 bits per heavy atom. The highest BCUT2D eigenvalue weighted by Gasteiger charge is 2.42. The first-order chi connectivity index (χ1) is 8.65. The molecule has 0 amide bonds. The molecule has 18 heavy (non-hydrogen) atoms. The SMILES string of the molecule is CCOC1CC(Nc2ccc(Cl)cc2C)C1OC. The van der Waals surface area contributed by atoms with Crippen molar-refractivity contribution in [3.63, 3.8) is 0 Å². The molecule has 0 aromatic heterocycles. The molecule has 3 nitrogen and oxygen atoms in total. The zero-order chi connectivity index (χ0) is 13.1. The lowest BCUT2D eigenvalue weighted by molar-refractivity contribution is -0.118. The van der Waals surface area contributed by atoms with Crippen molar-refractivity contribution in [3.8, 4) is 0 Å². The molecule has 1 fully saturated rings. The normalized spacial score (nSPS) is 26.8. The predicted octanol–water partition coefficient (Wildman–Crippen LogP) is 3.25. The van der Waals surface area contributed by atoms with E-state index in [-0.39, 0.29) is 12.2 Å². The first-order valence-corrected chi connectivity index (χ1v) is 6.70. The van der Waals surface area contributed by atoms with Gasteiger partial charge in [-0.1, -0.05) is 11.6 Å². The van der Waals surface area contributed by atoms with Crippen molar-refractivity contribution in [1.29, 1.82) is 0 Å².